The zero-order chi connectivity index (χ0) is 23.1. The van der Waals surface area contributed by atoms with E-state index in [9.17, 15) is 26.9 Å². The van der Waals surface area contributed by atoms with E-state index < -0.39 is 28.3 Å². The molecule has 0 unspecified atom stereocenters. The number of alkyl halides is 3. The van der Waals surface area contributed by atoms with Crippen molar-refractivity contribution in [1.29, 1.82) is 5.26 Å². The minimum absolute atomic E-state index is 0.104. The smallest absolute Gasteiger partial charge is 0.294 e. The highest BCUT2D eigenvalue weighted by Gasteiger charge is 2.53. The lowest BCUT2D eigenvalue weighted by atomic mass is 9.84. The van der Waals surface area contributed by atoms with Gasteiger partial charge in [-0.15, -0.1) is 0 Å². The van der Waals surface area contributed by atoms with E-state index in [1.165, 1.54) is 4.31 Å². The molecule has 2 heterocycles. The summed E-state index contributed by atoms with van der Waals surface area (Å²) in [6.45, 7) is 0.781. The number of halogens is 3. The summed E-state index contributed by atoms with van der Waals surface area (Å²) in [4.78, 5) is 3.78. The Hall–Kier alpha value is -1.67. The molecule has 1 aromatic carbocycles. The lowest BCUT2D eigenvalue weighted by Gasteiger charge is -2.56. The van der Waals surface area contributed by atoms with Crippen LogP contribution in [0.15, 0.2) is 30.3 Å². The molecule has 3 aliphatic rings. The molecule has 1 aromatic rings. The maximum absolute atomic E-state index is 13.4. The summed E-state index contributed by atoms with van der Waals surface area (Å²) in [6.07, 6.45) is -0.979. The van der Waals surface area contributed by atoms with Crippen LogP contribution in [0.5, 0.6) is 0 Å². The van der Waals surface area contributed by atoms with Gasteiger partial charge in [0.05, 0.1) is 30.8 Å². The number of rotatable bonds is 7. The monoisotopic (exact) mass is 470 g/mol. The fourth-order valence-corrected chi connectivity index (χ4v) is 6.37. The van der Waals surface area contributed by atoms with Crippen LogP contribution < -0.4 is 0 Å². The predicted molar refractivity (Wildman–Crippen MR) is 114 cm³/mol. The van der Waals surface area contributed by atoms with Crippen molar-refractivity contribution in [1.82, 2.24) is 14.1 Å². The van der Waals surface area contributed by atoms with Gasteiger partial charge in [-0.05, 0) is 24.8 Å². The number of hydrogen-bond acceptors (Lipinski definition) is 5. The first kappa shape index (κ1) is 23.5. The van der Waals surface area contributed by atoms with Crippen molar-refractivity contribution < 1.29 is 21.6 Å². The van der Waals surface area contributed by atoms with Crippen molar-refractivity contribution in [3.05, 3.63) is 35.9 Å². The fourth-order valence-electron chi connectivity index (χ4n) is 5.42. The summed E-state index contributed by atoms with van der Waals surface area (Å²) in [6, 6.07) is 11.6. The van der Waals surface area contributed by atoms with E-state index in [1.54, 1.807) is 4.90 Å². The van der Waals surface area contributed by atoms with Gasteiger partial charge in [0.2, 0.25) is 10.0 Å². The first-order valence-electron chi connectivity index (χ1n) is 11.0. The average molecular weight is 471 g/mol. The SMILES string of the molecule is CS(=O)(=O)N1CC(CC#N)(N2CCC(N(CC(F)(F)F)[C@@H]3C[C@H]3c3ccccc3)CC2)C1. The number of sulfonamides is 1. The molecule has 0 N–H and O–H groups in total. The molecule has 0 amide bonds. The highest BCUT2D eigenvalue weighted by Crippen LogP contribution is 2.47. The van der Waals surface area contributed by atoms with Gasteiger partial charge in [0.1, 0.15) is 0 Å². The van der Waals surface area contributed by atoms with E-state index in [0.717, 1.165) is 18.2 Å². The van der Waals surface area contributed by atoms with Gasteiger partial charge in [0.25, 0.3) is 0 Å². The highest BCUT2D eigenvalue weighted by molar-refractivity contribution is 7.88. The summed E-state index contributed by atoms with van der Waals surface area (Å²) in [7, 11) is -3.31. The molecule has 3 fully saturated rings. The molecule has 4 rings (SSSR count). The van der Waals surface area contributed by atoms with Gasteiger partial charge in [-0.25, -0.2) is 8.42 Å². The number of benzene rings is 1. The molecule has 0 spiro atoms. The normalized spacial score (nSPS) is 27.1. The van der Waals surface area contributed by atoms with Gasteiger partial charge in [0.15, 0.2) is 0 Å². The molecule has 6 nitrogen and oxygen atoms in total. The van der Waals surface area contributed by atoms with E-state index in [-0.39, 0.29) is 37.5 Å². The average Bonchev–Trinajstić information content (AvgIpc) is 3.49. The molecule has 1 saturated carbocycles. The standard InChI is InChI=1S/C22H29F3N4O2S/c1-32(30,31)28-14-21(15-28,9-10-26)27-11-7-18(8-12-27)29(16-22(23,24)25)20-13-19(20)17-5-3-2-4-6-17/h2-6,18-20H,7-9,11-16H2,1H3/t19-,20+/m0/s1. The first-order valence-corrected chi connectivity index (χ1v) is 12.8. The van der Waals surface area contributed by atoms with Crippen LogP contribution in [0.1, 0.15) is 37.2 Å². The van der Waals surface area contributed by atoms with Crippen molar-refractivity contribution in [3.8, 4) is 6.07 Å². The maximum atomic E-state index is 13.4. The number of nitriles is 1. The number of piperidine rings is 1. The molecule has 10 heteroatoms. The Kier molecular flexibility index (Phi) is 6.31. The zero-order valence-electron chi connectivity index (χ0n) is 18.1. The van der Waals surface area contributed by atoms with Gasteiger partial charge in [-0.2, -0.15) is 22.7 Å². The van der Waals surface area contributed by atoms with Crippen molar-refractivity contribution in [2.75, 3.05) is 39.0 Å². The van der Waals surface area contributed by atoms with E-state index in [1.807, 2.05) is 30.3 Å². The second-order valence-electron chi connectivity index (χ2n) is 9.42. The van der Waals surface area contributed by atoms with E-state index in [2.05, 4.69) is 11.0 Å². The highest BCUT2D eigenvalue weighted by atomic mass is 32.2. The Morgan fingerprint density at radius 1 is 1.19 bits per heavy atom. The number of hydrogen-bond donors (Lipinski definition) is 0. The second-order valence-corrected chi connectivity index (χ2v) is 11.4. The van der Waals surface area contributed by atoms with Gasteiger partial charge in [0, 0.05) is 44.2 Å². The summed E-state index contributed by atoms with van der Waals surface area (Å²) in [5, 5.41) is 9.29. The van der Waals surface area contributed by atoms with Crippen LogP contribution in [0.4, 0.5) is 13.2 Å². The lowest BCUT2D eigenvalue weighted by molar-refractivity contribution is -0.156. The topological polar surface area (TPSA) is 67.6 Å². The quantitative estimate of drug-likeness (QED) is 0.613. The molecule has 0 aromatic heterocycles. The minimum Gasteiger partial charge on any atom is -0.294 e. The Balaban J connectivity index is 1.42. The third-order valence-corrected chi connectivity index (χ3v) is 8.39. The van der Waals surface area contributed by atoms with Gasteiger partial charge in [-0.1, -0.05) is 30.3 Å². The van der Waals surface area contributed by atoms with Crippen molar-refractivity contribution in [2.45, 2.75) is 55.4 Å². The number of nitrogens with zero attached hydrogens (tertiary/aromatic N) is 4. The number of likely N-dealkylation sites (tertiary alicyclic amines) is 1. The van der Waals surface area contributed by atoms with Crippen LogP contribution >= 0.6 is 0 Å². The molecular weight excluding hydrogens is 441 g/mol. The lowest BCUT2D eigenvalue weighted by Crippen LogP contribution is -2.72. The molecule has 2 atom stereocenters. The van der Waals surface area contributed by atoms with Crippen LogP contribution in [-0.4, -0.2) is 85.3 Å². The zero-order valence-corrected chi connectivity index (χ0v) is 18.9. The van der Waals surface area contributed by atoms with E-state index >= 15 is 0 Å². The summed E-state index contributed by atoms with van der Waals surface area (Å²) < 4.78 is 65.2. The Morgan fingerprint density at radius 3 is 2.34 bits per heavy atom. The molecule has 2 saturated heterocycles. The van der Waals surface area contributed by atoms with Crippen molar-refractivity contribution in [3.63, 3.8) is 0 Å². The Bertz CT molecular complexity index is 950. The second kappa shape index (κ2) is 8.60. The Labute approximate surface area is 187 Å². The van der Waals surface area contributed by atoms with Crippen LogP contribution in [0.2, 0.25) is 0 Å². The molecule has 0 bridgehead atoms. The Morgan fingerprint density at radius 2 is 1.81 bits per heavy atom. The van der Waals surface area contributed by atoms with Gasteiger partial charge in [-0.3, -0.25) is 9.80 Å². The third-order valence-electron chi connectivity index (χ3n) is 7.20. The van der Waals surface area contributed by atoms with Crippen LogP contribution in [0, 0.1) is 11.3 Å². The molecular formula is C22H29F3N4O2S. The van der Waals surface area contributed by atoms with Crippen molar-refractivity contribution in [2.24, 2.45) is 0 Å². The molecule has 32 heavy (non-hydrogen) atoms. The van der Waals surface area contributed by atoms with E-state index in [4.69, 9.17) is 0 Å². The van der Waals surface area contributed by atoms with Crippen LogP contribution in [0.3, 0.4) is 0 Å². The molecule has 176 valence electrons. The summed E-state index contributed by atoms with van der Waals surface area (Å²) in [5.74, 6) is 0.136. The largest absolute Gasteiger partial charge is 0.401 e. The van der Waals surface area contributed by atoms with Crippen LogP contribution in [0.25, 0.3) is 0 Å². The molecule has 1 aliphatic carbocycles. The summed E-state index contributed by atoms with van der Waals surface area (Å²) in [5.41, 5.74) is 0.564. The summed E-state index contributed by atoms with van der Waals surface area (Å²) >= 11 is 0. The van der Waals surface area contributed by atoms with Gasteiger partial charge >= 0.3 is 6.18 Å². The fraction of sp³-hybridized carbons (Fsp3) is 0.682. The van der Waals surface area contributed by atoms with Gasteiger partial charge < -0.3 is 0 Å². The predicted octanol–water partition coefficient (Wildman–Crippen LogP) is 2.80. The minimum atomic E-state index is -4.26. The van der Waals surface area contributed by atoms with Crippen LogP contribution in [-0.2, 0) is 10.0 Å². The first-order chi connectivity index (χ1) is 15.0. The third kappa shape index (κ3) is 4.96. The van der Waals surface area contributed by atoms with E-state index in [0.29, 0.717) is 25.9 Å². The molecule has 0 radical (unpaired) electrons. The molecule has 2 aliphatic heterocycles. The maximum Gasteiger partial charge on any atom is 0.401 e. The van der Waals surface area contributed by atoms with Crippen molar-refractivity contribution >= 4 is 10.0 Å².